The maximum Gasteiger partial charge on any atom is 0.319 e. The van der Waals surface area contributed by atoms with Crippen molar-refractivity contribution in [3.63, 3.8) is 0 Å². The molecule has 0 aliphatic heterocycles. The lowest BCUT2D eigenvalue weighted by Gasteiger charge is -2.20. The lowest BCUT2D eigenvalue weighted by molar-refractivity contribution is -0.138. The van der Waals surface area contributed by atoms with E-state index >= 15 is 0 Å². The molecule has 3 nitrogen and oxygen atoms in total. The summed E-state index contributed by atoms with van der Waals surface area (Å²) in [6.07, 6.45) is 0. The number of carboxylic acid groups (broad SMARTS) is 1. The Hall–Kier alpha value is -1.16. The second-order valence-electron chi connectivity index (χ2n) is 4.98. The van der Waals surface area contributed by atoms with Crippen molar-refractivity contribution >= 4 is 17.7 Å². The van der Waals surface area contributed by atoms with Crippen molar-refractivity contribution in [2.24, 2.45) is 0 Å². The molecule has 100 valence electrons. The van der Waals surface area contributed by atoms with E-state index in [9.17, 15) is 4.79 Å². The number of aliphatic carboxylic acids is 1. The van der Waals surface area contributed by atoms with Crippen LogP contribution in [-0.2, 0) is 4.79 Å². The summed E-state index contributed by atoms with van der Waals surface area (Å²) < 4.78 is 4.48. The number of carbonyl (C=O) groups is 1. The zero-order chi connectivity index (χ0) is 13.9. The van der Waals surface area contributed by atoms with E-state index in [1.807, 2.05) is 18.2 Å². The van der Waals surface area contributed by atoms with Crippen LogP contribution in [0.1, 0.15) is 39.2 Å². The highest BCUT2D eigenvalue weighted by Crippen LogP contribution is 2.36. The summed E-state index contributed by atoms with van der Waals surface area (Å²) in [5.41, 5.74) is 1.10. The van der Waals surface area contributed by atoms with Gasteiger partial charge in [-0.3, -0.25) is 4.79 Å². The van der Waals surface area contributed by atoms with Gasteiger partial charge in [-0.25, -0.2) is 0 Å². The quantitative estimate of drug-likeness (QED) is 0.826. The summed E-state index contributed by atoms with van der Waals surface area (Å²) in [5, 5.41) is 9.14. The van der Waals surface area contributed by atoms with Gasteiger partial charge in [0.1, 0.15) is 10.5 Å². The molecule has 0 bridgehead atoms. The normalized spacial score (nSPS) is 11.7. The molecule has 0 saturated heterocycles. The van der Waals surface area contributed by atoms with Crippen LogP contribution in [0.4, 0.5) is 0 Å². The fraction of sp³-hybridized carbons (Fsp3) is 0.500. The molecule has 1 aromatic rings. The number of carboxylic acids is 1. The second kappa shape index (κ2) is 5.65. The Balaban J connectivity index is 3.06. The van der Waals surface area contributed by atoms with Crippen LogP contribution in [0.25, 0.3) is 0 Å². The van der Waals surface area contributed by atoms with Crippen LogP contribution in [0.15, 0.2) is 23.1 Å². The third-order valence-electron chi connectivity index (χ3n) is 2.71. The predicted molar refractivity (Wildman–Crippen MR) is 74.7 cm³/mol. The number of rotatable bonds is 5. The largest absolute Gasteiger partial charge is 0.496 e. The minimum atomic E-state index is -0.831. The number of thioether (sulfide) groups is 1. The lowest BCUT2D eigenvalue weighted by Crippen LogP contribution is -2.26. The standard InChI is InChI=1S/C14H20O3S/c1-9(2)11-8-10(6-7-12(11)17-5)18-14(3,4)13(15)16/h6-9H,1-5H3,(H,15,16). The van der Waals surface area contributed by atoms with Crippen molar-refractivity contribution in [2.45, 2.75) is 43.3 Å². The highest BCUT2D eigenvalue weighted by molar-refractivity contribution is 8.01. The molecule has 0 amide bonds. The van der Waals surface area contributed by atoms with Crippen LogP contribution in [-0.4, -0.2) is 22.9 Å². The highest BCUT2D eigenvalue weighted by Gasteiger charge is 2.28. The van der Waals surface area contributed by atoms with Gasteiger partial charge in [-0.15, -0.1) is 11.8 Å². The molecule has 0 heterocycles. The molecule has 1 aromatic carbocycles. The molecule has 0 spiro atoms. The summed E-state index contributed by atoms with van der Waals surface area (Å²) in [7, 11) is 1.65. The van der Waals surface area contributed by atoms with Gasteiger partial charge >= 0.3 is 5.97 Å². The third-order valence-corrected chi connectivity index (χ3v) is 3.89. The van der Waals surface area contributed by atoms with Crippen molar-refractivity contribution in [3.8, 4) is 5.75 Å². The first-order valence-corrected chi connectivity index (χ1v) is 6.70. The Morgan fingerprint density at radius 3 is 2.44 bits per heavy atom. The van der Waals surface area contributed by atoms with Gasteiger partial charge in [-0.1, -0.05) is 13.8 Å². The van der Waals surface area contributed by atoms with Crippen LogP contribution in [0.3, 0.4) is 0 Å². The Labute approximate surface area is 113 Å². The van der Waals surface area contributed by atoms with Crippen LogP contribution in [0.2, 0.25) is 0 Å². The fourth-order valence-electron chi connectivity index (χ4n) is 1.57. The van der Waals surface area contributed by atoms with Crippen molar-refractivity contribution in [2.75, 3.05) is 7.11 Å². The summed E-state index contributed by atoms with van der Waals surface area (Å²) >= 11 is 1.35. The smallest absolute Gasteiger partial charge is 0.319 e. The monoisotopic (exact) mass is 268 g/mol. The van der Waals surface area contributed by atoms with E-state index in [2.05, 4.69) is 13.8 Å². The summed E-state index contributed by atoms with van der Waals surface area (Å²) in [4.78, 5) is 12.1. The Morgan fingerprint density at radius 2 is 2.00 bits per heavy atom. The van der Waals surface area contributed by atoms with Gasteiger partial charge in [0.05, 0.1) is 7.11 Å². The second-order valence-corrected chi connectivity index (χ2v) is 6.67. The lowest BCUT2D eigenvalue weighted by atomic mass is 10.0. The molecule has 0 aliphatic carbocycles. The third kappa shape index (κ3) is 3.42. The van der Waals surface area contributed by atoms with Crippen LogP contribution < -0.4 is 4.74 Å². The molecular formula is C14H20O3S. The van der Waals surface area contributed by atoms with E-state index in [0.717, 1.165) is 16.2 Å². The number of hydrogen-bond acceptors (Lipinski definition) is 3. The van der Waals surface area contributed by atoms with Gasteiger partial charge < -0.3 is 9.84 Å². The molecule has 0 aromatic heterocycles. The molecule has 0 unspecified atom stereocenters. The molecule has 1 rings (SSSR count). The Bertz CT molecular complexity index is 439. The maximum absolute atomic E-state index is 11.1. The first-order chi connectivity index (χ1) is 8.27. The first-order valence-electron chi connectivity index (χ1n) is 5.88. The summed E-state index contributed by atoms with van der Waals surface area (Å²) in [6.45, 7) is 7.60. The number of methoxy groups -OCH3 is 1. The SMILES string of the molecule is COc1ccc(SC(C)(C)C(=O)O)cc1C(C)C. The zero-order valence-corrected chi connectivity index (χ0v) is 12.3. The molecular weight excluding hydrogens is 248 g/mol. The maximum atomic E-state index is 11.1. The molecule has 18 heavy (non-hydrogen) atoms. The van der Waals surface area contributed by atoms with Crippen molar-refractivity contribution in [1.29, 1.82) is 0 Å². The zero-order valence-electron chi connectivity index (χ0n) is 11.5. The molecule has 0 atom stereocenters. The van der Waals surface area contributed by atoms with Gasteiger partial charge in [0.25, 0.3) is 0 Å². The van der Waals surface area contributed by atoms with E-state index in [1.165, 1.54) is 11.8 Å². The number of hydrogen-bond donors (Lipinski definition) is 1. The van der Waals surface area contributed by atoms with Crippen molar-refractivity contribution in [3.05, 3.63) is 23.8 Å². The van der Waals surface area contributed by atoms with Crippen LogP contribution >= 0.6 is 11.8 Å². The van der Waals surface area contributed by atoms with Crippen molar-refractivity contribution < 1.29 is 14.6 Å². The van der Waals surface area contributed by atoms with E-state index in [0.29, 0.717) is 5.92 Å². The average molecular weight is 268 g/mol. The molecule has 0 aliphatic rings. The van der Waals surface area contributed by atoms with Crippen LogP contribution in [0, 0.1) is 0 Å². The minimum Gasteiger partial charge on any atom is -0.496 e. The number of benzene rings is 1. The average Bonchev–Trinajstić information content (AvgIpc) is 2.28. The fourth-order valence-corrected chi connectivity index (χ4v) is 2.56. The molecule has 0 radical (unpaired) electrons. The summed E-state index contributed by atoms with van der Waals surface area (Å²) in [5.74, 6) is 0.380. The Kier molecular flexibility index (Phi) is 4.68. The van der Waals surface area contributed by atoms with E-state index < -0.39 is 10.7 Å². The predicted octanol–water partition coefficient (Wildman–Crippen LogP) is 3.77. The van der Waals surface area contributed by atoms with Gasteiger partial charge in [-0.05, 0) is 43.5 Å². The first kappa shape index (κ1) is 14.9. The van der Waals surface area contributed by atoms with E-state index in [1.54, 1.807) is 21.0 Å². The van der Waals surface area contributed by atoms with E-state index in [4.69, 9.17) is 9.84 Å². The number of ether oxygens (including phenoxy) is 1. The van der Waals surface area contributed by atoms with Gasteiger partial charge in [0.2, 0.25) is 0 Å². The van der Waals surface area contributed by atoms with E-state index in [-0.39, 0.29) is 0 Å². The Morgan fingerprint density at radius 1 is 1.39 bits per heavy atom. The van der Waals surface area contributed by atoms with Gasteiger partial charge in [0.15, 0.2) is 0 Å². The molecule has 0 saturated carbocycles. The minimum absolute atomic E-state index is 0.341. The van der Waals surface area contributed by atoms with Gasteiger partial charge in [0, 0.05) is 4.90 Å². The highest BCUT2D eigenvalue weighted by atomic mass is 32.2. The van der Waals surface area contributed by atoms with Crippen LogP contribution in [0.5, 0.6) is 5.75 Å². The molecule has 1 N–H and O–H groups in total. The molecule has 0 fully saturated rings. The van der Waals surface area contributed by atoms with Gasteiger partial charge in [-0.2, -0.15) is 0 Å². The topological polar surface area (TPSA) is 46.5 Å². The van der Waals surface area contributed by atoms with Crippen molar-refractivity contribution in [1.82, 2.24) is 0 Å². The molecule has 4 heteroatoms. The summed E-state index contributed by atoms with van der Waals surface area (Å²) in [6, 6.07) is 5.81.